The predicted molar refractivity (Wildman–Crippen MR) is 90.9 cm³/mol. The van der Waals surface area contributed by atoms with Crippen molar-refractivity contribution in [1.82, 2.24) is 15.6 Å². The quantitative estimate of drug-likeness (QED) is 0.696. The molecule has 25 heavy (non-hydrogen) atoms. The summed E-state index contributed by atoms with van der Waals surface area (Å²) in [6.07, 6.45) is 3.39. The minimum Gasteiger partial charge on any atom is -0.480 e. The number of carboxylic acid groups (broad SMARTS) is 1. The Hall–Kier alpha value is -3.22. The van der Waals surface area contributed by atoms with Crippen LogP contribution in [0, 0.1) is 0 Å². The Morgan fingerprint density at radius 1 is 1.04 bits per heavy atom. The van der Waals surface area contributed by atoms with Crippen molar-refractivity contribution in [2.24, 2.45) is 0 Å². The van der Waals surface area contributed by atoms with Crippen molar-refractivity contribution in [3.63, 3.8) is 0 Å². The molecule has 0 bridgehead atoms. The first-order valence-corrected chi connectivity index (χ1v) is 7.75. The molecule has 0 aliphatic rings. The lowest BCUT2D eigenvalue weighted by atomic mass is 10.1. The molecular formula is C18H19N3O4. The average molecular weight is 341 g/mol. The third kappa shape index (κ3) is 5.42. The van der Waals surface area contributed by atoms with Gasteiger partial charge in [-0.05, 0) is 36.8 Å². The second kappa shape index (κ2) is 8.58. The molecule has 0 saturated heterocycles. The normalized spacial score (nSPS) is 12.7. The number of benzene rings is 1. The molecule has 0 spiro atoms. The van der Waals surface area contributed by atoms with E-state index in [1.807, 2.05) is 0 Å². The maximum Gasteiger partial charge on any atom is 0.325 e. The zero-order valence-corrected chi connectivity index (χ0v) is 13.7. The summed E-state index contributed by atoms with van der Waals surface area (Å²) in [6, 6.07) is 10.0. The van der Waals surface area contributed by atoms with Crippen LogP contribution in [0.4, 0.5) is 0 Å². The highest BCUT2D eigenvalue weighted by molar-refractivity contribution is 5.98. The van der Waals surface area contributed by atoms with E-state index < -0.39 is 29.9 Å². The Morgan fingerprint density at radius 2 is 1.68 bits per heavy atom. The highest BCUT2D eigenvalue weighted by atomic mass is 16.4. The minimum absolute atomic E-state index is 0.221. The number of nitrogens with one attached hydrogen (secondary N) is 2. The fraction of sp³-hybridized carbons (Fsp3) is 0.222. The van der Waals surface area contributed by atoms with Gasteiger partial charge in [0, 0.05) is 24.4 Å². The third-order valence-corrected chi connectivity index (χ3v) is 3.58. The topological polar surface area (TPSA) is 108 Å². The Balaban J connectivity index is 2.15. The van der Waals surface area contributed by atoms with E-state index in [4.69, 9.17) is 5.11 Å². The van der Waals surface area contributed by atoms with Gasteiger partial charge in [-0.1, -0.05) is 18.2 Å². The van der Waals surface area contributed by atoms with Crippen LogP contribution in [-0.2, 0) is 16.0 Å². The van der Waals surface area contributed by atoms with E-state index in [0.29, 0.717) is 5.56 Å². The van der Waals surface area contributed by atoms with E-state index >= 15 is 0 Å². The molecular weight excluding hydrogens is 322 g/mol. The maximum atomic E-state index is 12.4. The van der Waals surface area contributed by atoms with Gasteiger partial charge in [0.1, 0.15) is 12.1 Å². The number of aromatic nitrogens is 1. The van der Waals surface area contributed by atoms with Crippen molar-refractivity contribution in [3.05, 3.63) is 66.0 Å². The first-order chi connectivity index (χ1) is 12.0. The van der Waals surface area contributed by atoms with E-state index in [-0.39, 0.29) is 6.42 Å². The summed E-state index contributed by atoms with van der Waals surface area (Å²) in [4.78, 5) is 39.6. The molecule has 2 amide bonds. The molecule has 0 radical (unpaired) electrons. The molecule has 1 heterocycles. The van der Waals surface area contributed by atoms with Gasteiger partial charge in [0.2, 0.25) is 5.91 Å². The van der Waals surface area contributed by atoms with Crippen LogP contribution in [0.5, 0.6) is 0 Å². The van der Waals surface area contributed by atoms with Crippen molar-refractivity contribution in [2.45, 2.75) is 25.4 Å². The van der Waals surface area contributed by atoms with Crippen molar-refractivity contribution < 1.29 is 19.5 Å². The van der Waals surface area contributed by atoms with Crippen molar-refractivity contribution in [1.29, 1.82) is 0 Å². The number of hydrogen-bond acceptors (Lipinski definition) is 4. The molecule has 0 aliphatic carbocycles. The maximum absolute atomic E-state index is 12.4. The smallest absolute Gasteiger partial charge is 0.325 e. The lowest BCUT2D eigenvalue weighted by Crippen LogP contribution is -2.51. The molecule has 1 aromatic heterocycles. The number of aliphatic carboxylic acids is 1. The number of nitrogens with zero attached hydrogens (tertiary/aromatic N) is 1. The number of hydrogen-bond donors (Lipinski definition) is 3. The second-order valence-electron chi connectivity index (χ2n) is 5.52. The predicted octanol–water partition coefficient (Wildman–Crippen LogP) is 1.01. The first-order valence-electron chi connectivity index (χ1n) is 7.75. The van der Waals surface area contributed by atoms with Gasteiger partial charge in [0.15, 0.2) is 0 Å². The fourth-order valence-corrected chi connectivity index (χ4v) is 2.17. The van der Waals surface area contributed by atoms with Crippen LogP contribution in [0.3, 0.4) is 0 Å². The second-order valence-corrected chi connectivity index (χ2v) is 5.52. The summed E-state index contributed by atoms with van der Waals surface area (Å²) in [5, 5.41) is 14.0. The van der Waals surface area contributed by atoms with Crippen LogP contribution in [0.25, 0.3) is 0 Å². The van der Waals surface area contributed by atoms with E-state index in [1.54, 1.807) is 54.9 Å². The first kappa shape index (κ1) is 18.1. The van der Waals surface area contributed by atoms with E-state index in [1.165, 1.54) is 6.92 Å². The van der Waals surface area contributed by atoms with Crippen LogP contribution in [0.1, 0.15) is 22.8 Å². The molecule has 3 N–H and O–H groups in total. The summed E-state index contributed by atoms with van der Waals surface area (Å²) < 4.78 is 0. The van der Waals surface area contributed by atoms with Gasteiger partial charge >= 0.3 is 5.97 Å². The SMILES string of the molecule is CC(NC(=O)C(Cc1ccncc1)NC(=O)c1ccccc1)C(=O)O. The standard InChI is InChI=1S/C18H19N3O4/c1-12(18(24)25)20-17(23)15(11-13-7-9-19-10-8-13)21-16(22)14-5-3-2-4-6-14/h2-10,12,15H,11H2,1H3,(H,20,23)(H,21,22)(H,24,25). The van der Waals surface area contributed by atoms with Gasteiger partial charge in [-0.2, -0.15) is 0 Å². The summed E-state index contributed by atoms with van der Waals surface area (Å²) in [5.41, 5.74) is 1.22. The summed E-state index contributed by atoms with van der Waals surface area (Å²) in [5.74, 6) is -2.11. The monoisotopic (exact) mass is 341 g/mol. The Labute approximate surface area is 145 Å². The number of amides is 2. The van der Waals surface area contributed by atoms with Crippen molar-refractivity contribution in [3.8, 4) is 0 Å². The molecule has 2 aromatic rings. The van der Waals surface area contributed by atoms with Crippen LogP contribution >= 0.6 is 0 Å². The van der Waals surface area contributed by atoms with Crippen molar-refractivity contribution >= 4 is 17.8 Å². The number of carbonyl (C=O) groups is 3. The molecule has 0 fully saturated rings. The van der Waals surface area contributed by atoms with E-state index in [9.17, 15) is 14.4 Å². The zero-order valence-electron chi connectivity index (χ0n) is 13.7. The van der Waals surface area contributed by atoms with Gasteiger partial charge in [-0.25, -0.2) is 0 Å². The summed E-state index contributed by atoms with van der Waals surface area (Å²) in [7, 11) is 0. The molecule has 0 aliphatic heterocycles. The Morgan fingerprint density at radius 3 is 2.28 bits per heavy atom. The fourth-order valence-electron chi connectivity index (χ4n) is 2.17. The van der Waals surface area contributed by atoms with Crippen LogP contribution in [0.15, 0.2) is 54.9 Å². The Kier molecular flexibility index (Phi) is 6.22. The van der Waals surface area contributed by atoms with E-state index in [0.717, 1.165) is 5.56 Å². The largest absolute Gasteiger partial charge is 0.480 e. The van der Waals surface area contributed by atoms with Gasteiger partial charge < -0.3 is 15.7 Å². The van der Waals surface area contributed by atoms with Gasteiger partial charge in [0.25, 0.3) is 5.91 Å². The highest BCUT2D eigenvalue weighted by Gasteiger charge is 2.24. The zero-order chi connectivity index (χ0) is 18.2. The van der Waals surface area contributed by atoms with Gasteiger partial charge in [-0.15, -0.1) is 0 Å². The number of rotatable bonds is 7. The molecule has 7 heteroatoms. The highest BCUT2D eigenvalue weighted by Crippen LogP contribution is 2.05. The average Bonchev–Trinajstić information content (AvgIpc) is 2.62. The van der Waals surface area contributed by atoms with Crippen LogP contribution < -0.4 is 10.6 Å². The number of carboxylic acids is 1. The number of carbonyl (C=O) groups excluding carboxylic acids is 2. The molecule has 7 nitrogen and oxygen atoms in total. The number of pyridine rings is 1. The van der Waals surface area contributed by atoms with Gasteiger partial charge in [-0.3, -0.25) is 19.4 Å². The summed E-state index contributed by atoms with van der Waals surface area (Å²) in [6.45, 7) is 1.36. The minimum atomic E-state index is -1.15. The van der Waals surface area contributed by atoms with Crippen LogP contribution in [-0.4, -0.2) is 40.0 Å². The lowest BCUT2D eigenvalue weighted by Gasteiger charge is -2.20. The Bertz CT molecular complexity index is 735. The summed E-state index contributed by atoms with van der Waals surface area (Å²) >= 11 is 0. The molecule has 2 atom stereocenters. The molecule has 1 aromatic carbocycles. The lowest BCUT2D eigenvalue weighted by molar-refractivity contribution is -0.141. The van der Waals surface area contributed by atoms with Gasteiger partial charge in [0.05, 0.1) is 0 Å². The molecule has 0 saturated carbocycles. The van der Waals surface area contributed by atoms with Crippen LogP contribution in [0.2, 0.25) is 0 Å². The third-order valence-electron chi connectivity index (χ3n) is 3.58. The molecule has 2 rings (SSSR count). The van der Waals surface area contributed by atoms with E-state index in [2.05, 4.69) is 15.6 Å². The molecule has 130 valence electrons. The van der Waals surface area contributed by atoms with Crippen molar-refractivity contribution in [2.75, 3.05) is 0 Å². The molecule has 2 unspecified atom stereocenters.